The third-order valence-corrected chi connectivity index (χ3v) is 3.95. The molecule has 3 rings (SSSR count). The molecule has 1 unspecified atom stereocenters. The second-order valence-corrected chi connectivity index (χ2v) is 5.18. The van der Waals surface area contributed by atoms with Gasteiger partial charge in [-0.25, -0.2) is 9.97 Å². The summed E-state index contributed by atoms with van der Waals surface area (Å²) in [6.45, 7) is 4.40. The fourth-order valence-electron chi connectivity index (χ4n) is 3.04. The number of rotatable bonds is 3. The first-order valence-electron chi connectivity index (χ1n) is 7.15. The first kappa shape index (κ1) is 12.9. The van der Waals surface area contributed by atoms with E-state index in [9.17, 15) is 0 Å². The van der Waals surface area contributed by atoms with E-state index in [1.165, 1.54) is 16.8 Å². The van der Waals surface area contributed by atoms with E-state index in [0.717, 1.165) is 24.5 Å². The fraction of sp³-hybridized carbons (Fsp3) is 0.375. The largest absolute Gasteiger partial charge is 0.373 e. The molecule has 0 radical (unpaired) electrons. The van der Waals surface area contributed by atoms with Crippen LogP contribution in [-0.4, -0.2) is 23.1 Å². The van der Waals surface area contributed by atoms with E-state index in [-0.39, 0.29) is 0 Å². The monoisotopic (exact) mass is 268 g/mol. The van der Waals surface area contributed by atoms with Gasteiger partial charge in [-0.3, -0.25) is 0 Å². The van der Waals surface area contributed by atoms with E-state index < -0.39 is 0 Å². The Labute approximate surface area is 119 Å². The van der Waals surface area contributed by atoms with Crippen molar-refractivity contribution in [1.29, 1.82) is 0 Å². The standard InChI is InChI=1S/C16H20N4/c1-4-13-15(17-3)18-10-19-16(13)20-11(2)9-12-7-5-6-8-14(12)20/h5-8,10-11H,4,9H2,1-3H3,(H,17,18,19). The van der Waals surface area contributed by atoms with Gasteiger partial charge in [0.05, 0.1) is 0 Å². The molecule has 0 saturated heterocycles. The average Bonchev–Trinajstić information content (AvgIpc) is 2.81. The molecule has 1 N–H and O–H groups in total. The minimum absolute atomic E-state index is 0.428. The van der Waals surface area contributed by atoms with Gasteiger partial charge in [0.2, 0.25) is 0 Å². The van der Waals surface area contributed by atoms with Crippen molar-refractivity contribution in [2.45, 2.75) is 32.7 Å². The predicted octanol–water partition coefficient (Wildman–Crippen LogP) is 3.16. The van der Waals surface area contributed by atoms with E-state index in [2.05, 4.69) is 58.3 Å². The molecule has 4 nitrogen and oxygen atoms in total. The zero-order chi connectivity index (χ0) is 14.1. The van der Waals surface area contributed by atoms with Crippen LogP contribution in [0, 0.1) is 0 Å². The summed E-state index contributed by atoms with van der Waals surface area (Å²) < 4.78 is 0. The summed E-state index contributed by atoms with van der Waals surface area (Å²) in [5, 5.41) is 3.17. The molecule has 0 aliphatic carbocycles. The topological polar surface area (TPSA) is 41.1 Å². The highest BCUT2D eigenvalue weighted by Crippen LogP contribution is 2.39. The summed E-state index contributed by atoms with van der Waals surface area (Å²) in [7, 11) is 1.91. The van der Waals surface area contributed by atoms with Crippen LogP contribution < -0.4 is 10.2 Å². The molecule has 2 aromatic rings. The Morgan fingerprint density at radius 2 is 2.10 bits per heavy atom. The minimum Gasteiger partial charge on any atom is -0.373 e. The Bertz CT molecular complexity index is 624. The molecule has 0 amide bonds. The Balaban J connectivity index is 2.14. The van der Waals surface area contributed by atoms with Crippen LogP contribution in [0.3, 0.4) is 0 Å². The Morgan fingerprint density at radius 1 is 1.30 bits per heavy atom. The number of para-hydroxylation sites is 1. The molecule has 0 fully saturated rings. The van der Waals surface area contributed by atoms with Crippen LogP contribution in [0.2, 0.25) is 0 Å². The molecule has 4 heteroatoms. The molecule has 1 aliphatic rings. The van der Waals surface area contributed by atoms with Crippen molar-refractivity contribution >= 4 is 17.3 Å². The maximum absolute atomic E-state index is 4.56. The Morgan fingerprint density at radius 3 is 2.85 bits per heavy atom. The summed E-state index contributed by atoms with van der Waals surface area (Å²) in [6, 6.07) is 9.01. The van der Waals surface area contributed by atoms with Gasteiger partial charge in [-0.15, -0.1) is 0 Å². The molecule has 0 saturated carbocycles. The second kappa shape index (κ2) is 5.12. The SMILES string of the molecule is CCc1c(NC)ncnc1N1c2ccccc2CC1C. The number of nitrogens with zero attached hydrogens (tertiary/aromatic N) is 3. The maximum Gasteiger partial charge on any atom is 0.142 e. The van der Waals surface area contributed by atoms with Crippen LogP contribution in [0.25, 0.3) is 0 Å². The number of aromatic nitrogens is 2. The van der Waals surface area contributed by atoms with E-state index >= 15 is 0 Å². The molecular formula is C16H20N4. The van der Waals surface area contributed by atoms with Crippen molar-refractivity contribution in [2.24, 2.45) is 0 Å². The number of hydrogen-bond acceptors (Lipinski definition) is 4. The smallest absolute Gasteiger partial charge is 0.142 e. The van der Waals surface area contributed by atoms with E-state index in [1.54, 1.807) is 6.33 Å². The first-order valence-corrected chi connectivity index (χ1v) is 7.15. The van der Waals surface area contributed by atoms with Crippen molar-refractivity contribution in [3.63, 3.8) is 0 Å². The van der Waals surface area contributed by atoms with Crippen molar-refractivity contribution < 1.29 is 0 Å². The normalized spacial score (nSPS) is 17.1. The van der Waals surface area contributed by atoms with E-state index in [1.807, 2.05) is 7.05 Å². The zero-order valence-electron chi connectivity index (χ0n) is 12.2. The zero-order valence-corrected chi connectivity index (χ0v) is 12.2. The number of nitrogens with one attached hydrogen (secondary N) is 1. The van der Waals surface area contributed by atoms with Gasteiger partial charge < -0.3 is 10.2 Å². The van der Waals surface area contributed by atoms with Crippen LogP contribution in [-0.2, 0) is 12.8 Å². The molecule has 0 spiro atoms. The average molecular weight is 268 g/mol. The van der Waals surface area contributed by atoms with Crippen molar-refractivity contribution in [3.05, 3.63) is 41.7 Å². The van der Waals surface area contributed by atoms with Gasteiger partial charge in [-0.05, 0) is 31.4 Å². The van der Waals surface area contributed by atoms with Gasteiger partial charge in [0, 0.05) is 24.3 Å². The van der Waals surface area contributed by atoms with Crippen molar-refractivity contribution in [2.75, 3.05) is 17.3 Å². The maximum atomic E-state index is 4.56. The minimum atomic E-state index is 0.428. The number of hydrogen-bond donors (Lipinski definition) is 1. The molecule has 1 aromatic heterocycles. The highest BCUT2D eigenvalue weighted by Gasteiger charge is 2.29. The van der Waals surface area contributed by atoms with Crippen LogP contribution in [0.5, 0.6) is 0 Å². The summed E-state index contributed by atoms with van der Waals surface area (Å²) in [5.74, 6) is 1.96. The lowest BCUT2D eigenvalue weighted by atomic mass is 10.1. The quantitative estimate of drug-likeness (QED) is 0.928. The summed E-state index contributed by atoms with van der Waals surface area (Å²) >= 11 is 0. The lowest BCUT2D eigenvalue weighted by Gasteiger charge is -2.26. The van der Waals surface area contributed by atoms with Crippen molar-refractivity contribution in [3.8, 4) is 0 Å². The fourth-order valence-corrected chi connectivity index (χ4v) is 3.04. The molecule has 2 heterocycles. The summed E-state index contributed by atoms with van der Waals surface area (Å²) in [5.41, 5.74) is 3.85. The summed E-state index contributed by atoms with van der Waals surface area (Å²) in [6.07, 6.45) is 3.63. The molecule has 1 aliphatic heterocycles. The van der Waals surface area contributed by atoms with Gasteiger partial charge in [0.15, 0.2) is 0 Å². The highest BCUT2D eigenvalue weighted by atomic mass is 15.2. The predicted molar refractivity (Wildman–Crippen MR) is 82.7 cm³/mol. The van der Waals surface area contributed by atoms with Gasteiger partial charge in [-0.2, -0.15) is 0 Å². The van der Waals surface area contributed by atoms with Gasteiger partial charge in [-0.1, -0.05) is 25.1 Å². The van der Waals surface area contributed by atoms with Crippen LogP contribution >= 0.6 is 0 Å². The summed E-state index contributed by atoms with van der Waals surface area (Å²) in [4.78, 5) is 11.2. The molecule has 1 atom stereocenters. The lowest BCUT2D eigenvalue weighted by molar-refractivity contribution is 0.744. The first-order chi connectivity index (χ1) is 9.76. The van der Waals surface area contributed by atoms with E-state index in [0.29, 0.717) is 6.04 Å². The van der Waals surface area contributed by atoms with E-state index in [4.69, 9.17) is 0 Å². The Hall–Kier alpha value is -2.10. The lowest BCUT2D eigenvalue weighted by Crippen LogP contribution is -2.26. The van der Waals surface area contributed by atoms with Gasteiger partial charge >= 0.3 is 0 Å². The van der Waals surface area contributed by atoms with Crippen LogP contribution in [0.1, 0.15) is 25.0 Å². The third kappa shape index (κ3) is 1.92. The second-order valence-electron chi connectivity index (χ2n) is 5.18. The number of fused-ring (bicyclic) bond motifs is 1. The molecule has 104 valence electrons. The number of anilines is 3. The molecular weight excluding hydrogens is 248 g/mol. The molecule has 1 aromatic carbocycles. The Kier molecular flexibility index (Phi) is 3.30. The molecule has 0 bridgehead atoms. The number of benzene rings is 1. The van der Waals surface area contributed by atoms with Gasteiger partial charge in [0.1, 0.15) is 18.0 Å². The highest BCUT2D eigenvalue weighted by molar-refractivity contribution is 5.73. The van der Waals surface area contributed by atoms with Gasteiger partial charge in [0.25, 0.3) is 0 Å². The van der Waals surface area contributed by atoms with Crippen LogP contribution in [0.15, 0.2) is 30.6 Å². The van der Waals surface area contributed by atoms with Crippen molar-refractivity contribution in [1.82, 2.24) is 9.97 Å². The van der Waals surface area contributed by atoms with Crippen LogP contribution in [0.4, 0.5) is 17.3 Å². The molecule has 20 heavy (non-hydrogen) atoms. The third-order valence-electron chi connectivity index (χ3n) is 3.95.